The number of rotatable bonds is 7. The summed E-state index contributed by atoms with van der Waals surface area (Å²) >= 11 is 0. The number of amides is 1. The van der Waals surface area contributed by atoms with Crippen molar-refractivity contribution >= 4 is 11.6 Å². The van der Waals surface area contributed by atoms with Crippen LogP contribution in [0.4, 0.5) is 5.69 Å². The molecule has 7 nitrogen and oxygen atoms in total. The molecule has 4 N–H and O–H groups in total. The molecule has 0 fully saturated rings. The molecule has 1 amide bonds. The first-order valence-corrected chi connectivity index (χ1v) is 10.7. The lowest BCUT2D eigenvalue weighted by Crippen LogP contribution is -2.24. The zero-order chi connectivity index (χ0) is 22.0. The summed E-state index contributed by atoms with van der Waals surface area (Å²) in [6, 6.07) is 9.55. The fraction of sp³-hybridized carbons (Fsp3) is 0.375. The Morgan fingerprint density at radius 2 is 2.03 bits per heavy atom. The van der Waals surface area contributed by atoms with Gasteiger partial charge in [0.2, 0.25) is 0 Å². The lowest BCUT2D eigenvalue weighted by atomic mass is 9.76. The third kappa shape index (κ3) is 4.46. The lowest BCUT2D eigenvalue weighted by Gasteiger charge is -2.30. The minimum absolute atomic E-state index is 0.0378. The summed E-state index contributed by atoms with van der Waals surface area (Å²) < 4.78 is 2.02. The molecule has 2 aromatic heterocycles. The van der Waals surface area contributed by atoms with E-state index in [1.165, 1.54) is 16.8 Å². The fourth-order valence-corrected chi connectivity index (χ4v) is 4.28. The van der Waals surface area contributed by atoms with E-state index in [-0.39, 0.29) is 12.0 Å². The Bertz CT molecular complexity index is 1090. The maximum absolute atomic E-state index is 11.9. The predicted octanol–water partition coefficient (Wildman–Crippen LogP) is 2.88. The van der Waals surface area contributed by atoms with E-state index in [4.69, 9.17) is 10.8 Å². The molecule has 0 atom stereocenters. The number of hydrogen-bond acceptors (Lipinski definition) is 5. The van der Waals surface area contributed by atoms with Crippen LogP contribution in [-0.2, 0) is 19.3 Å². The number of carbonyl (C=O) groups excluding carboxylic acids is 1. The molecule has 0 saturated carbocycles. The normalized spacial score (nSPS) is 14.8. The summed E-state index contributed by atoms with van der Waals surface area (Å²) in [4.78, 5) is 16.0. The van der Waals surface area contributed by atoms with E-state index in [9.17, 15) is 9.90 Å². The van der Waals surface area contributed by atoms with Gasteiger partial charge in [-0.1, -0.05) is 13.8 Å². The molecule has 7 heteroatoms. The molecule has 3 aromatic rings. The van der Waals surface area contributed by atoms with Crippen molar-refractivity contribution in [2.75, 3.05) is 18.5 Å². The van der Waals surface area contributed by atoms with Crippen molar-refractivity contribution in [3.8, 4) is 5.69 Å². The van der Waals surface area contributed by atoms with E-state index in [1.54, 1.807) is 6.07 Å². The molecule has 2 heterocycles. The van der Waals surface area contributed by atoms with Gasteiger partial charge in [0.05, 0.1) is 23.6 Å². The van der Waals surface area contributed by atoms with Crippen LogP contribution in [0.3, 0.4) is 0 Å². The van der Waals surface area contributed by atoms with E-state index >= 15 is 0 Å². The van der Waals surface area contributed by atoms with Crippen molar-refractivity contribution < 1.29 is 9.90 Å². The third-order valence-corrected chi connectivity index (χ3v) is 5.93. The number of pyridine rings is 1. The number of carbonyl (C=O) groups is 1. The molecule has 0 spiro atoms. The summed E-state index contributed by atoms with van der Waals surface area (Å²) in [6.45, 7) is 4.88. The highest BCUT2D eigenvalue weighted by atomic mass is 16.3. The van der Waals surface area contributed by atoms with Gasteiger partial charge in [-0.2, -0.15) is 5.10 Å². The average Bonchev–Trinajstić information content (AvgIpc) is 3.08. The van der Waals surface area contributed by atoms with Gasteiger partial charge in [0, 0.05) is 36.7 Å². The van der Waals surface area contributed by atoms with E-state index in [1.807, 2.05) is 41.3 Å². The Kier molecular flexibility index (Phi) is 5.78. The summed E-state index contributed by atoms with van der Waals surface area (Å²) in [5.41, 5.74) is 12.4. The average molecular weight is 420 g/mol. The molecular weight excluding hydrogens is 390 g/mol. The van der Waals surface area contributed by atoms with Crippen LogP contribution in [0.1, 0.15) is 53.1 Å². The van der Waals surface area contributed by atoms with E-state index < -0.39 is 5.91 Å². The maximum atomic E-state index is 11.9. The summed E-state index contributed by atoms with van der Waals surface area (Å²) in [7, 11) is 0. The van der Waals surface area contributed by atoms with Crippen LogP contribution in [0.5, 0.6) is 0 Å². The number of nitrogens with two attached hydrogens (primary N) is 1. The van der Waals surface area contributed by atoms with Gasteiger partial charge in [0.15, 0.2) is 0 Å². The monoisotopic (exact) mass is 419 g/mol. The van der Waals surface area contributed by atoms with Crippen LogP contribution in [-0.4, -0.2) is 38.9 Å². The van der Waals surface area contributed by atoms with Gasteiger partial charge < -0.3 is 16.2 Å². The number of aliphatic hydroxyl groups is 1. The second-order valence-corrected chi connectivity index (χ2v) is 8.90. The molecule has 0 radical (unpaired) electrons. The number of aliphatic hydroxyl groups excluding tert-OH is 1. The van der Waals surface area contributed by atoms with Crippen LogP contribution < -0.4 is 11.1 Å². The molecule has 0 unspecified atom stereocenters. The van der Waals surface area contributed by atoms with Gasteiger partial charge in [-0.15, -0.1) is 0 Å². The van der Waals surface area contributed by atoms with Crippen molar-refractivity contribution in [2.24, 2.45) is 11.1 Å². The minimum Gasteiger partial charge on any atom is -0.395 e. The molecule has 1 aliphatic rings. The Morgan fingerprint density at radius 1 is 1.26 bits per heavy atom. The van der Waals surface area contributed by atoms with Crippen molar-refractivity contribution in [2.45, 2.75) is 39.5 Å². The van der Waals surface area contributed by atoms with Crippen molar-refractivity contribution in [1.82, 2.24) is 14.8 Å². The molecular formula is C24H29N5O2. The Morgan fingerprint density at radius 3 is 2.74 bits per heavy atom. The number of fused-ring (bicyclic) bond motifs is 1. The molecule has 0 saturated heterocycles. The maximum Gasteiger partial charge on any atom is 0.250 e. The highest BCUT2D eigenvalue weighted by Gasteiger charge is 2.31. The van der Waals surface area contributed by atoms with Crippen LogP contribution in [0, 0.1) is 5.41 Å². The van der Waals surface area contributed by atoms with Crippen molar-refractivity contribution in [3.05, 3.63) is 70.8 Å². The minimum atomic E-state index is -0.506. The Balaban J connectivity index is 1.80. The number of hydrogen-bond donors (Lipinski definition) is 3. The fourth-order valence-electron chi connectivity index (χ4n) is 4.28. The highest BCUT2D eigenvalue weighted by Crippen LogP contribution is 2.38. The number of nitrogens with zero attached hydrogens (tertiary/aromatic N) is 3. The molecule has 1 aliphatic carbocycles. The Labute approximate surface area is 182 Å². The van der Waals surface area contributed by atoms with E-state index in [0.717, 1.165) is 37.1 Å². The van der Waals surface area contributed by atoms with Gasteiger partial charge in [0.25, 0.3) is 5.91 Å². The number of anilines is 1. The molecule has 4 rings (SSSR count). The molecule has 0 aliphatic heterocycles. The molecule has 162 valence electrons. The Hall–Kier alpha value is -3.19. The van der Waals surface area contributed by atoms with E-state index in [0.29, 0.717) is 17.8 Å². The zero-order valence-corrected chi connectivity index (χ0v) is 18.1. The molecule has 31 heavy (non-hydrogen) atoms. The lowest BCUT2D eigenvalue weighted by molar-refractivity contribution is 0.100. The second kappa shape index (κ2) is 8.51. The quantitative estimate of drug-likeness (QED) is 0.546. The number of nitrogens with one attached hydrogen (secondary N) is 1. The number of benzene rings is 1. The molecule has 1 aromatic carbocycles. The van der Waals surface area contributed by atoms with Gasteiger partial charge in [-0.05, 0) is 66.1 Å². The van der Waals surface area contributed by atoms with Crippen molar-refractivity contribution in [1.29, 1.82) is 0 Å². The summed E-state index contributed by atoms with van der Waals surface area (Å²) in [6.07, 6.45) is 7.43. The smallest absolute Gasteiger partial charge is 0.250 e. The topological polar surface area (TPSA) is 106 Å². The standard InChI is InChI=1S/C24H29N5O2/c1-24(2)8-5-18-21(13-16-6-9-26-10-7-16)28-29(22(18)15-24)17-3-4-19(23(25)31)20(14-17)27-11-12-30/h3-4,6-7,9-10,14,27,30H,5,8,11-13,15H2,1-2H3,(H2,25,31). The van der Waals surface area contributed by atoms with Crippen LogP contribution in [0.25, 0.3) is 5.69 Å². The first kappa shape index (κ1) is 21.1. The van der Waals surface area contributed by atoms with Gasteiger partial charge >= 0.3 is 0 Å². The SMILES string of the molecule is CC1(C)CCc2c(Cc3ccncc3)nn(-c3ccc(C(N)=O)c(NCCO)c3)c2C1. The first-order valence-electron chi connectivity index (χ1n) is 10.7. The van der Waals surface area contributed by atoms with E-state index in [2.05, 4.69) is 24.1 Å². The largest absolute Gasteiger partial charge is 0.395 e. The highest BCUT2D eigenvalue weighted by molar-refractivity contribution is 5.98. The number of aromatic nitrogens is 3. The van der Waals surface area contributed by atoms with Crippen LogP contribution in [0.15, 0.2) is 42.7 Å². The third-order valence-electron chi connectivity index (χ3n) is 5.93. The zero-order valence-electron chi connectivity index (χ0n) is 18.1. The molecule has 0 bridgehead atoms. The summed E-state index contributed by atoms with van der Waals surface area (Å²) in [5, 5.41) is 17.3. The van der Waals surface area contributed by atoms with Crippen LogP contribution >= 0.6 is 0 Å². The second-order valence-electron chi connectivity index (χ2n) is 8.90. The number of primary amides is 1. The summed E-state index contributed by atoms with van der Waals surface area (Å²) in [5.74, 6) is -0.506. The van der Waals surface area contributed by atoms with Crippen LogP contribution in [0.2, 0.25) is 0 Å². The first-order chi connectivity index (χ1) is 14.9. The van der Waals surface area contributed by atoms with Crippen molar-refractivity contribution in [3.63, 3.8) is 0 Å². The van der Waals surface area contributed by atoms with Gasteiger partial charge in [0.1, 0.15) is 0 Å². The van der Waals surface area contributed by atoms with Gasteiger partial charge in [-0.25, -0.2) is 4.68 Å². The predicted molar refractivity (Wildman–Crippen MR) is 121 cm³/mol. The van der Waals surface area contributed by atoms with Gasteiger partial charge in [-0.3, -0.25) is 9.78 Å².